The first-order valence-electron chi connectivity index (χ1n) is 11.9. The van der Waals surface area contributed by atoms with E-state index in [0.717, 1.165) is 18.7 Å². The number of carbonyl (C=O) groups excluding carboxylic acids is 1. The van der Waals surface area contributed by atoms with Crippen molar-refractivity contribution in [3.05, 3.63) is 65.3 Å². The van der Waals surface area contributed by atoms with Crippen molar-refractivity contribution in [3.63, 3.8) is 0 Å². The molecule has 0 bridgehead atoms. The van der Waals surface area contributed by atoms with E-state index < -0.39 is 11.0 Å². The highest BCUT2D eigenvalue weighted by Gasteiger charge is 2.55. The number of ether oxygens (including phenoxy) is 1. The van der Waals surface area contributed by atoms with E-state index in [-0.39, 0.29) is 12.6 Å². The summed E-state index contributed by atoms with van der Waals surface area (Å²) in [5, 5.41) is 16.5. The van der Waals surface area contributed by atoms with Gasteiger partial charge in [-0.15, -0.1) is 0 Å². The van der Waals surface area contributed by atoms with Crippen LogP contribution in [-0.4, -0.2) is 69.4 Å². The molecular weight excluding hydrogens is 446 g/mol. The molecule has 0 aliphatic carbocycles. The highest BCUT2D eigenvalue weighted by Crippen LogP contribution is 2.50. The molecule has 5 rings (SSSR count). The third-order valence-corrected chi connectivity index (χ3v) is 7.16. The first-order valence-corrected chi connectivity index (χ1v) is 11.9. The predicted octanol–water partition coefficient (Wildman–Crippen LogP) is 3.39. The summed E-state index contributed by atoms with van der Waals surface area (Å²) in [5.74, 6) is 1.08. The molecule has 2 aromatic heterocycles. The molecule has 1 N–H and O–H groups in total. The van der Waals surface area contributed by atoms with E-state index in [1.165, 1.54) is 10.5 Å². The summed E-state index contributed by atoms with van der Waals surface area (Å²) in [6, 6.07) is 10.1. The van der Waals surface area contributed by atoms with Crippen LogP contribution in [0.4, 0.5) is 4.79 Å². The number of aliphatic hydroxyl groups is 1. The number of likely N-dealkylation sites (tertiary alicyclic amines) is 1. The van der Waals surface area contributed by atoms with Gasteiger partial charge in [0.15, 0.2) is 0 Å². The van der Waals surface area contributed by atoms with Crippen LogP contribution in [0.5, 0.6) is 0 Å². The van der Waals surface area contributed by atoms with Crippen LogP contribution in [0.2, 0.25) is 0 Å². The van der Waals surface area contributed by atoms with Crippen molar-refractivity contribution in [2.75, 3.05) is 33.3 Å². The van der Waals surface area contributed by atoms with E-state index in [2.05, 4.69) is 60.0 Å². The van der Waals surface area contributed by atoms with Gasteiger partial charge in [-0.1, -0.05) is 50.2 Å². The number of benzene rings is 1. The number of cyclic esters (lactones) is 1. The second-order valence-corrected chi connectivity index (χ2v) is 10.2. The molecule has 9 nitrogen and oxygen atoms in total. The monoisotopic (exact) mass is 477 g/mol. The molecular formula is C26H31N5O4. The Labute approximate surface area is 204 Å². The van der Waals surface area contributed by atoms with Crippen LogP contribution in [0, 0.1) is 5.41 Å². The van der Waals surface area contributed by atoms with Crippen molar-refractivity contribution < 1.29 is 19.2 Å². The van der Waals surface area contributed by atoms with Crippen molar-refractivity contribution in [2.45, 2.75) is 38.8 Å². The van der Waals surface area contributed by atoms with Gasteiger partial charge >= 0.3 is 6.09 Å². The quantitative estimate of drug-likeness (QED) is 0.552. The van der Waals surface area contributed by atoms with Crippen LogP contribution < -0.4 is 0 Å². The van der Waals surface area contributed by atoms with Crippen LogP contribution in [0.1, 0.15) is 49.3 Å². The van der Waals surface area contributed by atoms with Gasteiger partial charge in [-0.2, -0.15) is 4.98 Å². The third kappa shape index (κ3) is 4.08. The average molecular weight is 478 g/mol. The summed E-state index contributed by atoms with van der Waals surface area (Å²) in [4.78, 5) is 24.3. The number of pyridine rings is 1. The van der Waals surface area contributed by atoms with Crippen molar-refractivity contribution in [1.82, 2.24) is 24.9 Å². The lowest BCUT2D eigenvalue weighted by atomic mass is 9.62. The smallest absolute Gasteiger partial charge is 0.410 e. The number of hydrogen-bond acceptors (Lipinski definition) is 8. The number of rotatable bonds is 7. The van der Waals surface area contributed by atoms with Crippen molar-refractivity contribution in [2.24, 2.45) is 5.41 Å². The molecule has 184 valence electrons. The number of nitrogens with zero attached hydrogens (tertiary/aromatic N) is 5. The van der Waals surface area contributed by atoms with E-state index >= 15 is 0 Å². The zero-order valence-corrected chi connectivity index (χ0v) is 20.6. The summed E-state index contributed by atoms with van der Waals surface area (Å²) in [6.45, 7) is 8.95. The first-order chi connectivity index (χ1) is 16.7. The lowest BCUT2D eigenvalue weighted by Crippen LogP contribution is -2.63. The standard InChI is InChI=1S/C26H31N5O4/c1-17(2)18-5-7-20(8-6-18)26(33,25(3)15-30(4)16-25)21-11-19(12-27-13-21)23-28-22(35-29-23)14-31-9-10-34-24(31)32/h5-8,11-13,17,33H,9-10,14-16H2,1-4H3/t26-/m0/s1. The minimum Gasteiger partial charge on any atom is -0.448 e. The molecule has 0 saturated carbocycles. The van der Waals surface area contributed by atoms with Gasteiger partial charge in [0, 0.05) is 42.0 Å². The van der Waals surface area contributed by atoms with E-state index in [0.29, 0.717) is 41.9 Å². The Morgan fingerprint density at radius 3 is 2.54 bits per heavy atom. The highest BCUT2D eigenvalue weighted by molar-refractivity contribution is 5.69. The van der Waals surface area contributed by atoms with Crippen molar-refractivity contribution in [3.8, 4) is 11.4 Å². The lowest BCUT2D eigenvalue weighted by molar-refractivity contribution is -0.127. The second-order valence-electron chi connectivity index (χ2n) is 10.2. The Balaban J connectivity index is 1.50. The molecule has 1 aromatic carbocycles. The van der Waals surface area contributed by atoms with Crippen LogP contribution in [0.3, 0.4) is 0 Å². The minimum absolute atomic E-state index is 0.190. The maximum atomic E-state index is 12.4. The van der Waals surface area contributed by atoms with E-state index in [1.807, 2.05) is 18.2 Å². The summed E-state index contributed by atoms with van der Waals surface area (Å²) in [5.41, 5.74) is 1.70. The molecule has 3 aromatic rings. The van der Waals surface area contributed by atoms with Gasteiger partial charge in [0.2, 0.25) is 11.7 Å². The number of carbonyl (C=O) groups is 1. The molecule has 2 saturated heterocycles. The normalized spacial score (nSPS) is 19.5. The molecule has 0 radical (unpaired) electrons. The SMILES string of the molecule is CC(C)c1ccc([C@](O)(c2cncc(-c3noc(CN4CCOC4=O)n3)c2)C2(C)CN(C)C2)cc1. The summed E-state index contributed by atoms with van der Waals surface area (Å²) >= 11 is 0. The molecule has 4 heterocycles. The second kappa shape index (κ2) is 8.73. The Bertz CT molecular complexity index is 1220. The molecule has 1 amide bonds. The molecule has 1 atom stereocenters. The molecule has 0 unspecified atom stereocenters. The Morgan fingerprint density at radius 1 is 1.17 bits per heavy atom. The third-order valence-electron chi connectivity index (χ3n) is 7.16. The molecule has 2 fully saturated rings. The average Bonchev–Trinajstić information content (AvgIpc) is 3.47. The maximum absolute atomic E-state index is 12.4. The maximum Gasteiger partial charge on any atom is 0.410 e. The van der Waals surface area contributed by atoms with E-state index in [4.69, 9.17) is 9.26 Å². The molecule has 35 heavy (non-hydrogen) atoms. The van der Waals surface area contributed by atoms with Gasteiger partial charge in [-0.25, -0.2) is 4.79 Å². The fourth-order valence-corrected chi connectivity index (χ4v) is 5.28. The van der Waals surface area contributed by atoms with Gasteiger partial charge in [0.25, 0.3) is 0 Å². The highest BCUT2D eigenvalue weighted by atomic mass is 16.6. The molecule has 9 heteroatoms. The van der Waals surface area contributed by atoms with Gasteiger partial charge < -0.3 is 19.3 Å². The predicted molar refractivity (Wildman–Crippen MR) is 128 cm³/mol. The summed E-state index contributed by atoms with van der Waals surface area (Å²) < 4.78 is 10.3. The summed E-state index contributed by atoms with van der Waals surface area (Å²) in [7, 11) is 2.05. The van der Waals surface area contributed by atoms with Crippen LogP contribution in [0.25, 0.3) is 11.4 Å². The largest absolute Gasteiger partial charge is 0.448 e. The van der Waals surface area contributed by atoms with Gasteiger partial charge in [0.1, 0.15) is 18.8 Å². The van der Waals surface area contributed by atoms with Gasteiger partial charge in [-0.3, -0.25) is 9.88 Å². The molecule has 2 aliphatic rings. The Morgan fingerprint density at radius 2 is 1.91 bits per heavy atom. The van der Waals surface area contributed by atoms with Crippen molar-refractivity contribution in [1.29, 1.82) is 0 Å². The topological polar surface area (TPSA) is 105 Å². The number of hydrogen-bond donors (Lipinski definition) is 1. The number of amides is 1. The van der Waals surface area contributed by atoms with Gasteiger partial charge in [-0.05, 0) is 30.2 Å². The lowest BCUT2D eigenvalue weighted by Gasteiger charge is -2.55. The zero-order chi connectivity index (χ0) is 24.8. The first kappa shape index (κ1) is 23.4. The Kier molecular flexibility index (Phi) is 5.85. The fraction of sp³-hybridized carbons (Fsp3) is 0.462. The van der Waals surface area contributed by atoms with Gasteiger partial charge in [0.05, 0.1) is 6.54 Å². The summed E-state index contributed by atoms with van der Waals surface area (Å²) in [6.07, 6.45) is 2.98. The number of aromatic nitrogens is 3. The zero-order valence-electron chi connectivity index (χ0n) is 20.6. The van der Waals surface area contributed by atoms with E-state index in [1.54, 1.807) is 12.4 Å². The fourth-order valence-electron chi connectivity index (χ4n) is 5.28. The van der Waals surface area contributed by atoms with E-state index in [9.17, 15) is 9.90 Å². The van der Waals surface area contributed by atoms with Crippen LogP contribution in [-0.2, 0) is 16.9 Å². The molecule has 2 aliphatic heterocycles. The van der Waals surface area contributed by atoms with Crippen LogP contribution >= 0.6 is 0 Å². The van der Waals surface area contributed by atoms with Crippen LogP contribution in [0.15, 0.2) is 47.2 Å². The Hall–Kier alpha value is -3.30. The minimum atomic E-state index is -1.26. The molecule has 0 spiro atoms. The van der Waals surface area contributed by atoms with Crippen molar-refractivity contribution >= 4 is 6.09 Å².